The van der Waals surface area contributed by atoms with Crippen molar-refractivity contribution in [1.82, 2.24) is 0 Å². The maximum Gasteiger partial charge on any atom is 0.331 e. The van der Waals surface area contributed by atoms with E-state index in [2.05, 4.69) is 4.74 Å². The highest BCUT2D eigenvalue weighted by molar-refractivity contribution is 5.82. The van der Waals surface area contributed by atoms with Gasteiger partial charge in [0.05, 0.1) is 12.5 Å². The lowest BCUT2D eigenvalue weighted by Gasteiger charge is -1.90. The van der Waals surface area contributed by atoms with Crippen LogP contribution in [0.5, 0.6) is 0 Å². The SMILES string of the molecule is O=C(O)/C=C1\CCC(=O)O1. The van der Waals surface area contributed by atoms with Crippen molar-refractivity contribution in [2.45, 2.75) is 12.8 Å². The van der Waals surface area contributed by atoms with Crippen molar-refractivity contribution in [2.24, 2.45) is 0 Å². The first kappa shape index (κ1) is 6.80. The second kappa shape index (κ2) is 2.51. The normalized spacial score (nSPS) is 21.2. The Morgan fingerprint density at radius 1 is 1.60 bits per heavy atom. The van der Waals surface area contributed by atoms with Crippen molar-refractivity contribution in [2.75, 3.05) is 0 Å². The summed E-state index contributed by atoms with van der Waals surface area (Å²) in [7, 11) is 0. The summed E-state index contributed by atoms with van der Waals surface area (Å²) >= 11 is 0. The molecule has 0 atom stereocenters. The number of rotatable bonds is 1. The Morgan fingerprint density at radius 3 is 2.70 bits per heavy atom. The van der Waals surface area contributed by atoms with Gasteiger partial charge >= 0.3 is 11.9 Å². The van der Waals surface area contributed by atoms with Crippen LogP contribution in [0.25, 0.3) is 0 Å². The summed E-state index contributed by atoms with van der Waals surface area (Å²) < 4.78 is 4.51. The van der Waals surface area contributed by atoms with Gasteiger partial charge in [-0.05, 0) is 0 Å². The number of cyclic esters (lactones) is 1. The second-order valence-corrected chi connectivity index (χ2v) is 1.92. The molecule has 1 aliphatic rings. The number of carbonyl (C=O) groups excluding carboxylic acids is 1. The molecule has 0 aliphatic carbocycles. The summed E-state index contributed by atoms with van der Waals surface area (Å²) in [5.41, 5.74) is 0. The van der Waals surface area contributed by atoms with Crippen LogP contribution in [0.4, 0.5) is 0 Å². The lowest BCUT2D eigenvalue weighted by atomic mass is 10.3. The third-order valence-corrected chi connectivity index (χ3v) is 1.10. The molecule has 0 unspecified atom stereocenters. The molecule has 1 aliphatic heterocycles. The van der Waals surface area contributed by atoms with E-state index in [1.807, 2.05) is 0 Å². The standard InChI is InChI=1S/C6H6O4/c7-5(8)3-4-1-2-6(9)10-4/h3H,1-2H2,(H,7,8)/b4-3+. The molecule has 4 nitrogen and oxygen atoms in total. The monoisotopic (exact) mass is 142 g/mol. The molecule has 0 amide bonds. The zero-order valence-corrected chi connectivity index (χ0v) is 5.16. The van der Waals surface area contributed by atoms with Crippen molar-refractivity contribution >= 4 is 11.9 Å². The predicted molar refractivity (Wildman–Crippen MR) is 31.0 cm³/mol. The highest BCUT2D eigenvalue weighted by Crippen LogP contribution is 2.16. The summed E-state index contributed by atoms with van der Waals surface area (Å²) in [6.45, 7) is 0. The molecule has 1 fully saturated rings. The molecule has 0 aromatic rings. The van der Waals surface area contributed by atoms with Gasteiger partial charge in [0.15, 0.2) is 0 Å². The van der Waals surface area contributed by atoms with E-state index in [0.717, 1.165) is 6.08 Å². The van der Waals surface area contributed by atoms with Gasteiger partial charge in [0, 0.05) is 6.42 Å². The van der Waals surface area contributed by atoms with E-state index in [1.54, 1.807) is 0 Å². The lowest BCUT2D eigenvalue weighted by Crippen LogP contribution is -1.93. The number of carboxylic acid groups (broad SMARTS) is 1. The second-order valence-electron chi connectivity index (χ2n) is 1.92. The fraction of sp³-hybridized carbons (Fsp3) is 0.333. The first-order valence-corrected chi connectivity index (χ1v) is 2.82. The van der Waals surface area contributed by atoms with Crippen LogP contribution in [0.15, 0.2) is 11.8 Å². The van der Waals surface area contributed by atoms with Crippen LogP contribution in [0.3, 0.4) is 0 Å². The topological polar surface area (TPSA) is 63.6 Å². The number of carboxylic acids is 1. The maximum atomic E-state index is 10.4. The molecule has 54 valence electrons. The van der Waals surface area contributed by atoms with Gasteiger partial charge in [-0.25, -0.2) is 4.79 Å². The number of hydrogen-bond acceptors (Lipinski definition) is 3. The van der Waals surface area contributed by atoms with Crippen LogP contribution in [0.1, 0.15) is 12.8 Å². The third kappa shape index (κ3) is 1.58. The minimum atomic E-state index is -1.08. The summed E-state index contributed by atoms with van der Waals surface area (Å²) in [6.07, 6.45) is 1.61. The van der Waals surface area contributed by atoms with Gasteiger partial charge in [-0.15, -0.1) is 0 Å². The summed E-state index contributed by atoms with van der Waals surface area (Å²) in [5, 5.41) is 8.19. The molecule has 1 rings (SSSR count). The van der Waals surface area contributed by atoms with Gasteiger partial charge in [-0.3, -0.25) is 4.79 Å². The van der Waals surface area contributed by atoms with Crippen LogP contribution < -0.4 is 0 Å². The Balaban J connectivity index is 2.59. The van der Waals surface area contributed by atoms with Crippen molar-refractivity contribution in [3.63, 3.8) is 0 Å². The average Bonchev–Trinajstić information content (AvgIpc) is 2.13. The van der Waals surface area contributed by atoms with Crippen molar-refractivity contribution in [3.8, 4) is 0 Å². The molecular formula is C6H6O4. The number of carbonyl (C=O) groups is 2. The van der Waals surface area contributed by atoms with E-state index in [-0.39, 0.29) is 11.7 Å². The number of aliphatic carboxylic acids is 1. The fourth-order valence-electron chi connectivity index (χ4n) is 0.713. The largest absolute Gasteiger partial charge is 0.478 e. The molecule has 0 spiro atoms. The van der Waals surface area contributed by atoms with Crippen molar-refractivity contribution < 1.29 is 19.4 Å². The Kier molecular flexibility index (Phi) is 1.71. The first-order valence-electron chi connectivity index (χ1n) is 2.82. The van der Waals surface area contributed by atoms with Crippen LogP contribution in [-0.2, 0) is 14.3 Å². The molecule has 0 aromatic carbocycles. The van der Waals surface area contributed by atoms with E-state index < -0.39 is 5.97 Å². The van der Waals surface area contributed by atoms with E-state index in [0.29, 0.717) is 12.8 Å². The maximum absolute atomic E-state index is 10.4. The molecule has 0 bridgehead atoms. The quantitative estimate of drug-likeness (QED) is 0.422. The number of ether oxygens (including phenoxy) is 1. The van der Waals surface area contributed by atoms with Crippen LogP contribution in [-0.4, -0.2) is 17.0 Å². The first-order chi connectivity index (χ1) is 4.68. The van der Waals surface area contributed by atoms with E-state index in [1.165, 1.54) is 0 Å². The van der Waals surface area contributed by atoms with Crippen molar-refractivity contribution in [3.05, 3.63) is 11.8 Å². The zero-order chi connectivity index (χ0) is 7.56. The Labute approximate surface area is 57.1 Å². The number of esters is 1. The average molecular weight is 142 g/mol. The highest BCUT2D eigenvalue weighted by Gasteiger charge is 2.17. The molecular weight excluding hydrogens is 136 g/mol. The zero-order valence-electron chi connectivity index (χ0n) is 5.16. The smallest absolute Gasteiger partial charge is 0.331 e. The Hall–Kier alpha value is -1.32. The van der Waals surface area contributed by atoms with Crippen LogP contribution in [0.2, 0.25) is 0 Å². The van der Waals surface area contributed by atoms with Gasteiger partial charge in [0.25, 0.3) is 0 Å². The summed E-state index contributed by atoms with van der Waals surface area (Å²) in [4.78, 5) is 20.4. The Morgan fingerprint density at radius 2 is 2.30 bits per heavy atom. The predicted octanol–water partition coefficient (Wildman–Crippen LogP) is 0.292. The molecule has 0 saturated carbocycles. The molecule has 1 heterocycles. The highest BCUT2D eigenvalue weighted by atomic mass is 16.5. The van der Waals surface area contributed by atoms with Gasteiger partial charge in [0.1, 0.15) is 5.76 Å². The summed E-state index contributed by atoms with van der Waals surface area (Å²) in [5.74, 6) is -1.19. The molecule has 0 aromatic heterocycles. The molecule has 1 N–H and O–H groups in total. The van der Waals surface area contributed by atoms with Gasteiger partial charge in [-0.2, -0.15) is 0 Å². The molecule has 1 saturated heterocycles. The number of hydrogen-bond donors (Lipinski definition) is 1. The lowest BCUT2D eigenvalue weighted by molar-refractivity contribution is -0.135. The van der Waals surface area contributed by atoms with Crippen LogP contribution >= 0.6 is 0 Å². The molecule has 0 radical (unpaired) electrons. The third-order valence-electron chi connectivity index (χ3n) is 1.10. The molecule has 10 heavy (non-hydrogen) atoms. The van der Waals surface area contributed by atoms with E-state index in [4.69, 9.17) is 5.11 Å². The minimum absolute atomic E-state index is 0.248. The van der Waals surface area contributed by atoms with Crippen molar-refractivity contribution in [1.29, 1.82) is 0 Å². The van der Waals surface area contributed by atoms with Gasteiger partial charge in [0.2, 0.25) is 0 Å². The number of allylic oxidation sites excluding steroid dienone is 1. The van der Waals surface area contributed by atoms with Gasteiger partial charge < -0.3 is 9.84 Å². The van der Waals surface area contributed by atoms with Gasteiger partial charge in [-0.1, -0.05) is 0 Å². The Bertz CT molecular complexity index is 204. The van der Waals surface area contributed by atoms with E-state index >= 15 is 0 Å². The summed E-state index contributed by atoms with van der Waals surface area (Å²) in [6, 6.07) is 0. The van der Waals surface area contributed by atoms with Crippen LogP contribution in [0, 0.1) is 0 Å². The minimum Gasteiger partial charge on any atom is -0.478 e. The van der Waals surface area contributed by atoms with E-state index in [9.17, 15) is 9.59 Å². The fourth-order valence-corrected chi connectivity index (χ4v) is 0.713. The molecule has 4 heteroatoms.